The zero-order chi connectivity index (χ0) is 16.4. The van der Waals surface area contributed by atoms with Gasteiger partial charge in [-0.1, -0.05) is 18.2 Å². The third-order valence-electron chi connectivity index (χ3n) is 3.85. The molecule has 0 saturated carbocycles. The lowest BCUT2D eigenvalue weighted by Gasteiger charge is -2.10. The van der Waals surface area contributed by atoms with E-state index in [1.807, 2.05) is 60.8 Å². The standard InChI is InChI=1S/C18H19N3O2/c1-12-7-6-10-21-15(13(2)19-18(12)21)11-17(22)20-14-8-4-5-9-16(14)23-3/h4-10H,11H2,1-3H3,(H,20,22). The van der Waals surface area contributed by atoms with E-state index < -0.39 is 0 Å². The quantitative estimate of drug-likeness (QED) is 0.805. The number of aromatic nitrogens is 2. The van der Waals surface area contributed by atoms with Gasteiger partial charge in [-0.25, -0.2) is 4.98 Å². The normalized spacial score (nSPS) is 10.7. The Morgan fingerprint density at radius 3 is 2.78 bits per heavy atom. The predicted octanol–water partition coefficient (Wildman–Crippen LogP) is 3.14. The predicted molar refractivity (Wildman–Crippen MR) is 90.0 cm³/mol. The van der Waals surface area contributed by atoms with E-state index in [2.05, 4.69) is 10.3 Å². The molecule has 3 aromatic rings. The molecule has 0 radical (unpaired) electrons. The van der Waals surface area contributed by atoms with Crippen molar-refractivity contribution in [2.24, 2.45) is 0 Å². The molecule has 5 heteroatoms. The van der Waals surface area contributed by atoms with Gasteiger partial charge in [-0.05, 0) is 37.6 Å². The van der Waals surface area contributed by atoms with Crippen LogP contribution in [-0.4, -0.2) is 22.4 Å². The summed E-state index contributed by atoms with van der Waals surface area (Å²) in [6.07, 6.45) is 2.20. The van der Waals surface area contributed by atoms with Crippen LogP contribution in [0.25, 0.3) is 5.65 Å². The van der Waals surface area contributed by atoms with Crippen molar-refractivity contribution in [1.29, 1.82) is 0 Å². The van der Waals surface area contributed by atoms with Gasteiger partial charge in [0, 0.05) is 6.20 Å². The number of ether oxygens (including phenoxy) is 1. The Balaban J connectivity index is 1.86. The van der Waals surface area contributed by atoms with E-state index >= 15 is 0 Å². The molecular formula is C18H19N3O2. The molecule has 0 aliphatic heterocycles. The lowest BCUT2D eigenvalue weighted by Crippen LogP contribution is -2.16. The lowest BCUT2D eigenvalue weighted by molar-refractivity contribution is -0.115. The van der Waals surface area contributed by atoms with Crippen molar-refractivity contribution in [3.8, 4) is 5.75 Å². The first-order valence-electron chi connectivity index (χ1n) is 7.46. The number of benzene rings is 1. The number of carbonyl (C=O) groups is 1. The number of nitrogens with one attached hydrogen (secondary N) is 1. The maximum absolute atomic E-state index is 12.4. The molecule has 0 saturated heterocycles. The number of carbonyl (C=O) groups excluding carboxylic acids is 1. The maximum atomic E-state index is 12.4. The van der Waals surface area contributed by atoms with Crippen molar-refractivity contribution in [3.63, 3.8) is 0 Å². The van der Waals surface area contributed by atoms with Gasteiger partial charge in [-0.2, -0.15) is 0 Å². The number of imidazole rings is 1. The second kappa shape index (κ2) is 6.12. The van der Waals surface area contributed by atoms with E-state index in [0.29, 0.717) is 11.4 Å². The topological polar surface area (TPSA) is 55.6 Å². The molecule has 118 valence electrons. The van der Waals surface area contributed by atoms with Gasteiger partial charge in [0.1, 0.15) is 11.4 Å². The van der Waals surface area contributed by atoms with E-state index in [-0.39, 0.29) is 12.3 Å². The van der Waals surface area contributed by atoms with Crippen LogP contribution >= 0.6 is 0 Å². The van der Waals surface area contributed by atoms with Crippen LogP contribution in [0.15, 0.2) is 42.6 Å². The second-order valence-corrected chi connectivity index (χ2v) is 5.45. The van der Waals surface area contributed by atoms with Gasteiger partial charge < -0.3 is 14.5 Å². The average molecular weight is 309 g/mol. The van der Waals surface area contributed by atoms with Gasteiger partial charge in [-0.3, -0.25) is 4.79 Å². The van der Waals surface area contributed by atoms with E-state index in [1.165, 1.54) is 0 Å². The van der Waals surface area contributed by atoms with Crippen LogP contribution in [0.3, 0.4) is 0 Å². The van der Waals surface area contributed by atoms with Crippen molar-refractivity contribution in [2.45, 2.75) is 20.3 Å². The summed E-state index contributed by atoms with van der Waals surface area (Å²) < 4.78 is 7.24. The zero-order valence-electron chi connectivity index (χ0n) is 13.5. The fourth-order valence-electron chi connectivity index (χ4n) is 2.67. The Morgan fingerprint density at radius 2 is 2.00 bits per heavy atom. The zero-order valence-corrected chi connectivity index (χ0v) is 13.5. The van der Waals surface area contributed by atoms with Crippen molar-refractivity contribution >= 4 is 17.2 Å². The molecule has 0 unspecified atom stereocenters. The SMILES string of the molecule is COc1ccccc1NC(=O)Cc1c(C)nc2c(C)cccn12. The number of amides is 1. The molecule has 1 aromatic carbocycles. The molecule has 5 nitrogen and oxygen atoms in total. The number of methoxy groups -OCH3 is 1. The number of nitrogens with zero attached hydrogens (tertiary/aromatic N) is 2. The number of anilines is 1. The number of rotatable bonds is 4. The van der Waals surface area contributed by atoms with Crippen molar-refractivity contribution in [3.05, 3.63) is 59.5 Å². The maximum Gasteiger partial charge on any atom is 0.230 e. The number of hydrogen-bond donors (Lipinski definition) is 1. The Kier molecular flexibility index (Phi) is 4.02. The van der Waals surface area contributed by atoms with E-state index in [1.54, 1.807) is 7.11 Å². The average Bonchev–Trinajstić information content (AvgIpc) is 2.86. The van der Waals surface area contributed by atoms with Crippen LogP contribution < -0.4 is 10.1 Å². The van der Waals surface area contributed by atoms with Gasteiger partial charge in [-0.15, -0.1) is 0 Å². The monoisotopic (exact) mass is 309 g/mol. The summed E-state index contributed by atoms with van der Waals surface area (Å²) in [7, 11) is 1.59. The molecule has 2 heterocycles. The number of fused-ring (bicyclic) bond motifs is 1. The first kappa shape index (κ1) is 15.1. The highest BCUT2D eigenvalue weighted by atomic mass is 16.5. The molecule has 0 atom stereocenters. The van der Waals surface area contributed by atoms with E-state index in [9.17, 15) is 4.79 Å². The van der Waals surface area contributed by atoms with Crippen LogP contribution in [0.2, 0.25) is 0 Å². The highest BCUT2D eigenvalue weighted by Crippen LogP contribution is 2.23. The van der Waals surface area contributed by atoms with Crippen molar-refractivity contribution < 1.29 is 9.53 Å². The van der Waals surface area contributed by atoms with Gasteiger partial charge in [0.05, 0.1) is 30.6 Å². The summed E-state index contributed by atoms with van der Waals surface area (Å²) in [6, 6.07) is 11.3. The van der Waals surface area contributed by atoms with Crippen LogP contribution in [0.1, 0.15) is 17.0 Å². The Hall–Kier alpha value is -2.82. The minimum atomic E-state index is -0.0964. The molecule has 0 aliphatic carbocycles. The first-order valence-corrected chi connectivity index (χ1v) is 7.46. The van der Waals surface area contributed by atoms with Crippen molar-refractivity contribution in [1.82, 2.24) is 9.38 Å². The highest BCUT2D eigenvalue weighted by Gasteiger charge is 2.15. The minimum absolute atomic E-state index is 0.0964. The fourth-order valence-corrected chi connectivity index (χ4v) is 2.67. The minimum Gasteiger partial charge on any atom is -0.495 e. The third-order valence-corrected chi connectivity index (χ3v) is 3.85. The molecule has 3 rings (SSSR count). The number of hydrogen-bond acceptors (Lipinski definition) is 3. The van der Waals surface area contributed by atoms with Crippen LogP contribution in [0.4, 0.5) is 5.69 Å². The molecule has 1 amide bonds. The molecule has 0 spiro atoms. The number of pyridine rings is 1. The summed E-state index contributed by atoms with van der Waals surface area (Å²) in [4.78, 5) is 17.0. The number of para-hydroxylation sites is 2. The van der Waals surface area contributed by atoms with E-state index in [4.69, 9.17) is 4.74 Å². The number of aryl methyl sites for hydroxylation is 2. The first-order chi connectivity index (χ1) is 11.1. The van der Waals surface area contributed by atoms with Gasteiger partial charge in [0.2, 0.25) is 5.91 Å². The molecule has 2 aromatic heterocycles. The Labute approximate surface area is 134 Å². The van der Waals surface area contributed by atoms with Crippen LogP contribution in [0.5, 0.6) is 5.75 Å². The molecule has 1 N–H and O–H groups in total. The van der Waals surface area contributed by atoms with Gasteiger partial charge in [0.15, 0.2) is 0 Å². The third kappa shape index (κ3) is 2.90. The largest absolute Gasteiger partial charge is 0.495 e. The second-order valence-electron chi connectivity index (χ2n) is 5.45. The molecule has 0 aliphatic rings. The summed E-state index contributed by atoms with van der Waals surface area (Å²) in [5.41, 5.74) is 4.42. The summed E-state index contributed by atoms with van der Waals surface area (Å²) in [6.45, 7) is 3.94. The molecular weight excluding hydrogens is 290 g/mol. The van der Waals surface area contributed by atoms with Crippen LogP contribution in [0, 0.1) is 13.8 Å². The molecule has 23 heavy (non-hydrogen) atoms. The fraction of sp³-hybridized carbons (Fsp3) is 0.222. The summed E-state index contributed by atoms with van der Waals surface area (Å²) in [5.74, 6) is 0.549. The van der Waals surface area contributed by atoms with Gasteiger partial charge in [0.25, 0.3) is 0 Å². The molecule has 0 fully saturated rings. The lowest BCUT2D eigenvalue weighted by atomic mass is 10.2. The van der Waals surface area contributed by atoms with Gasteiger partial charge >= 0.3 is 0 Å². The smallest absolute Gasteiger partial charge is 0.230 e. The molecule has 0 bridgehead atoms. The highest BCUT2D eigenvalue weighted by molar-refractivity contribution is 5.93. The van der Waals surface area contributed by atoms with Crippen molar-refractivity contribution in [2.75, 3.05) is 12.4 Å². The summed E-state index contributed by atoms with van der Waals surface area (Å²) >= 11 is 0. The van der Waals surface area contributed by atoms with Crippen LogP contribution in [-0.2, 0) is 11.2 Å². The van der Waals surface area contributed by atoms with E-state index in [0.717, 1.165) is 22.6 Å². The Bertz CT molecular complexity index is 868. The summed E-state index contributed by atoms with van der Waals surface area (Å²) in [5, 5.41) is 2.90. The Morgan fingerprint density at radius 1 is 1.22 bits per heavy atom.